The molecule has 6 heteroatoms. The number of hydrogen-bond donors (Lipinski definition) is 1. The van der Waals surface area contributed by atoms with Gasteiger partial charge < -0.3 is 24.7 Å². The van der Waals surface area contributed by atoms with Gasteiger partial charge in [-0.2, -0.15) is 0 Å². The van der Waals surface area contributed by atoms with Crippen molar-refractivity contribution in [3.63, 3.8) is 0 Å². The highest BCUT2D eigenvalue weighted by molar-refractivity contribution is 5.95. The number of ether oxygens (including phenoxy) is 2. The summed E-state index contributed by atoms with van der Waals surface area (Å²) in [6, 6.07) is 4.65. The van der Waals surface area contributed by atoms with Gasteiger partial charge in [-0.1, -0.05) is 0 Å². The zero-order valence-corrected chi connectivity index (χ0v) is 8.19. The molecule has 0 fully saturated rings. The van der Waals surface area contributed by atoms with Crippen molar-refractivity contribution in [2.24, 2.45) is 0 Å². The first-order valence-corrected chi connectivity index (χ1v) is 4.54. The zero-order valence-electron chi connectivity index (χ0n) is 8.19. The first-order valence-electron chi connectivity index (χ1n) is 4.54. The number of nitrogens with one attached hydrogen (secondary N) is 1. The Morgan fingerprint density at radius 3 is 3.12 bits per heavy atom. The van der Waals surface area contributed by atoms with Gasteiger partial charge in [0.25, 0.3) is 5.91 Å². The third-order valence-corrected chi connectivity index (χ3v) is 1.94. The summed E-state index contributed by atoms with van der Waals surface area (Å²) in [5.74, 6) is -0.711. The number of carboxylic acids is 1. The minimum absolute atomic E-state index is 0.0216. The Kier molecular flexibility index (Phi) is 2.63. The van der Waals surface area contributed by atoms with Crippen molar-refractivity contribution in [3.8, 4) is 11.5 Å². The molecule has 1 aliphatic rings. The number of hydrogen-bond acceptors (Lipinski definition) is 5. The first kappa shape index (κ1) is 10.3. The fourth-order valence-corrected chi connectivity index (χ4v) is 1.29. The Labute approximate surface area is 90.8 Å². The van der Waals surface area contributed by atoms with E-state index in [-0.39, 0.29) is 12.5 Å². The molecule has 1 aromatic rings. The smallest absolute Gasteiger partial charge is 0.262 e. The number of carbonyl (C=O) groups excluding carboxylic acids is 2. The van der Waals surface area contributed by atoms with E-state index >= 15 is 0 Å². The summed E-state index contributed by atoms with van der Waals surface area (Å²) in [4.78, 5) is 21.2. The van der Waals surface area contributed by atoms with Gasteiger partial charge in [0.15, 0.2) is 6.61 Å². The molecule has 0 bridgehead atoms. The molecule has 1 N–H and O–H groups in total. The van der Waals surface area contributed by atoms with Crippen LogP contribution in [0.3, 0.4) is 0 Å². The molecular formula is C10H8NO5-. The molecule has 1 aromatic carbocycles. The van der Waals surface area contributed by atoms with Crippen molar-refractivity contribution in [1.29, 1.82) is 0 Å². The van der Waals surface area contributed by atoms with Crippen LogP contribution in [-0.4, -0.2) is 25.1 Å². The van der Waals surface area contributed by atoms with Gasteiger partial charge in [-0.05, 0) is 12.1 Å². The van der Waals surface area contributed by atoms with Crippen LogP contribution in [0.4, 0.5) is 5.69 Å². The third kappa shape index (κ3) is 2.22. The summed E-state index contributed by atoms with van der Waals surface area (Å²) >= 11 is 0. The quantitative estimate of drug-likeness (QED) is 0.719. The van der Waals surface area contributed by atoms with E-state index < -0.39 is 12.6 Å². The maximum atomic E-state index is 11.0. The van der Waals surface area contributed by atoms with Gasteiger partial charge in [0.1, 0.15) is 18.1 Å². The standard InChI is InChI=1S/C10H9NO5/c12-9-4-16-8-2-1-6(3-7(8)11-9)15-5-10(13)14/h1-3H,4-5H2,(H,11,12)(H,13,14)/p-1. The summed E-state index contributed by atoms with van der Waals surface area (Å²) in [6.45, 7) is -0.556. The van der Waals surface area contributed by atoms with Gasteiger partial charge in [-0.25, -0.2) is 0 Å². The minimum atomic E-state index is -1.31. The van der Waals surface area contributed by atoms with Crippen LogP contribution in [0.5, 0.6) is 11.5 Å². The molecule has 1 amide bonds. The lowest BCUT2D eigenvalue weighted by Crippen LogP contribution is -2.29. The first-order chi connectivity index (χ1) is 7.65. The van der Waals surface area contributed by atoms with Crippen molar-refractivity contribution in [3.05, 3.63) is 18.2 Å². The van der Waals surface area contributed by atoms with Crippen molar-refractivity contribution >= 4 is 17.6 Å². The van der Waals surface area contributed by atoms with Crippen LogP contribution in [-0.2, 0) is 9.59 Å². The van der Waals surface area contributed by atoms with Crippen LogP contribution in [0.1, 0.15) is 0 Å². The molecule has 0 unspecified atom stereocenters. The van der Waals surface area contributed by atoms with E-state index in [1.807, 2.05) is 0 Å². The van der Waals surface area contributed by atoms with E-state index in [2.05, 4.69) is 5.32 Å². The second-order valence-electron chi connectivity index (χ2n) is 3.16. The Morgan fingerprint density at radius 2 is 2.38 bits per heavy atom. The van der Waals surface area contributed by atoms with Gasteiger partial charge in [0, 0.05) is 6.07 Å². The van der Waals surface area contributed by atoms with Crippen LogP contribution in [0.2, 0.25) is 0 Å². The number of anilines is 1. The molecule has 6 nitrogen and oxygen atoms in total. The molecule has 0 spiro atoms. The van der Waals surface area contributed by atoms with Crippen LogP contribution >= 0.6 is 0 Å². The van der Waals surface area contributed by atoms with Crippen LogP contribution in [0.15, 0.2) is 18.2 Å². The molecule has 1 heterocycles. The van der Waals surface area contributed by atoms with E-state index in [1.165, 1.54) is 6.07 Å². The Bertz CT molecular complexity index is 443. The largest absolute Gasteiger partial charge is 0.546 e. The predicted molar refractivity (Wildman–Crippen MR) is 51.1 cm³/mol. The number of aliphatic carboxylic acids is 1. The minimum Gasteiger partial charge on any atom is -0.546 e. The molecule has 1 aliphatic heterocycles. The lowest BCUT2D eigenvalue weighted by Gasteiger charge is -2.18. The lowest BCUT2D eigenvalue weighted by molar-refractivity contribution is -0.307. The average Bonchev–Trinajstić information content (AvgIpc) is 2.25. The van der Waals surface area contributed by atoms with E-state index in [9.17, 15) is 14.7 Å². The maximum absolute atomic E-state index is 11.0. The second-order valence-corrected chi connectivity index (χ2v) is 3.16. The Morgan fingerprint density at radius 1 is 1.56 bits per heavy atom. The lowest BCUT2D eigenvalue weighted by atomic mass is 10.2. The summed E-state index contributed by atoms with van der Waals surface area (Å²) in [5, 5.41) is 12.8. The van der Waals surface area contributed by atoms with E-state index in [4.69, 9.17) is 9.47 Å². The molecule has 0 saturated carbocycles. The van der Waals surface area contributed by atoms with Gasteiger partial charge in [-0.3, -0.25) is 4.79 Å². The molecule has 0 aliphatic carbocycles. The van der Waals surface area contributed by atoms with Crippen LogP contribution in [0, 0.1) is 0 Å². The summed E-state index contributed by atoms with van der Waals surface area (Å²) in [5.41, 5.74) is 0.465. The van der Waals surface area contributed by atoms with Crippen LogP contribution < -0.4 is 19.9 Å². The fourth-order valence-electron chi connectivity index (χ4n) is 1.29. The normalized spacial score (nSPS) is 13.4. The summed E-state index contributed by atoms with van der Waals surface area (Å²) in [7, 11) is 0. The monoisotopic (exact) mass is 222 g/mol. The van der Waals surface area contributed by atoms with Gasteiger partial charge in [0.05, 0.1) is 11.7 Å². The topological polar surface area (TPSA) is 87.7 Å². The number of carboxylic acid groups (broad SMARTS) is 1. The van der Waals surface area contributed by atoms with Gasteiger partial charge in [0.2, 0.25) is 0 Å². The predicted octanol–water partition coefficient (Wildman–Crippen LogP) is -0.854. The highest BCUT2D eigenvalue weighted by Crippen LogP contribution is 2.31. The van der Waals surface area contributed by atoms with Gasteiger partial charge >= 0.3 is 0 Å². The zero-order chi connectivity index (χ0) is 11.5. The summed E-state index contributed by atoms with van der Waals surface area (Å²) < 4.78 is 10.0. The average molecular weight is 222 g/mol. The van der Waals surface area contributed by atoms with E-state index in [1.54, 1.807) is 12.1 Å². The van der Waals surface area contributed by atoms with Crippen molar-refractivity contribution in [1.82, 2.24) is 0 Å². The van der Waals surface area contributed by atoms with Crippen molar-refractivity contribution in [2.75, 3.05) is 18.5 Å². The van der Waals surface area contributed by atoms with E-state index in [0.29, 0.717) is 17.2 Å². The number of rotatable bonds is 3. The number of amides is 1. The number of carbonyl (C=O) groups is 2. The molecule has 16 heavy (non-hydrogen) atoms. The molecule has 0 radical (unpaired) electrons. The SMILES string of the molecule is O=C([O-])COc1ccc2c(c1)NC(=O)CO2. The van der Waals surface area contributed by atoms with Crippen molar-refractivity contribution < 1.29 is 24.2 Å². The molecule has 0 aromatic heterocycles. The summed E-state index contributed by atoms with van der Waals surface area (Å²) in [6.07, 6.45) is 0. The molecule has 84 valence electrons. The highest BCUT2D eigenvalue weighted by Gasteiger charge is 2.16. The maximum Gasteiger partial charge on any atom is 0.262 e. The molecule has 0 atom stereocenters. The Hall–Kier alpha value is -2.24. The molecule has 2 rings (SSSR count). The van der Waals surface area contributed by atoms with Crippen LogP contribution in [0.25, 0.3) is 0 Å². The fraction of sp³-hybridized carbons (Fsp3) is 0.200. The second kappa shape index (κ2) is 4.09. The molecule has 0 saturated heterocycles. The van der Waals surface area contributed by atoms with Gasteiger partial charge in [-0.15, -0.1) is 0 Å². The third-order valence-electron chi connectivity index (χ3n) is 1.94. The number of fused-ring (bicyclic) bond motifs is 1. The van der Waals surface area contributed by atoms with Crippen molar-refractivity contribution in [2.45, 2.75) is 0 Å². The molecular weight excluding hydrogens is 214 g/mol. The van der Waals surface area contributed by atoms with E-state index in [0.717, 1.165) is 0 Å². The Balaban J connectivity index is 2.14. The highest BCUT2D eigenvalue weighted by atomic mass is 16.5. The number of benzene rings is 1.